The molecule has 0 saturated heterocycles. The van der Waals surface area contributed by atoms with Crippen molar-refractivity contribution in [1.29, 1.82) is 0 Å². The van der Waals surface area contributed by atoms with Crippen LogP contribution in [0.3, 0.4) is 0 Å². The minimum Gasteiger partial charge on any atom is -0.360 e. The second-order valence-electron chi connectivity index (χ2n) is 6.12. The molecule has 6 nitrogen and oxygen atoms in total. The van der Waals surface area contributed by atoms with Crippen molar-refractivity contribution in [3.05, 3.63) is 36.1 Å². The van der Waals surface area contributed by atoms with Crippen LogP contribution in [0.15, 0.2) is 39.8 Å². The molecule has 1 aromatic heterocycles. The van der Waals surface area contributed by atoms with E-state index in [-0.39, 0.29) is 23.0 Å². The Labute approximate surface area is 150 Å². The molecule has 2 aromatic rings. The van der Waals surface area contributed by atoms with Crippen molar-refractivity contribution in [2.45, 2.75) is 43.3 Å². The molecule has 2 N–H and O–H groups in total. The number of aromatic nitrogens is 1. The Kier molecular flexibility index (Phi) is 5.43. The van der Waals surface area contributed by atoms with Crippen molar-refractivity contribution in [3.8, 4) is 0 Å². The van der Waals surface area contributed by atoms with E-state index in [0.29, 0.717) is 18.0 Å². The van der Waals surface area contributed by atoms with Gasteiger partial charge in [0.2, 0.25) is 11.8 Å². The molecule has 132 valence electrons. The van der Waals surface area contributed by atoms with Gasteiger partial charge >= 0.3 is 0 Å². The fraction of sp³-hybridized carbons (Fsp3) is 0.389. The zero-order chi connectivity index (χ0) is 17.8. The molecule has 1 saturated carbocycles. The van der Waals surface area contributed by atoms with Crippen LogP contribution in [0, 0.1) is 12.8 Å². The van der Waals surface area contributed by atoms with Crippen LogP contribution in [0.5, 0.6) is 0 Å². The summed E-state index contributed by atoms with van der Waals surface area (Å²) in [6, 6.07) is 9.28. The molecule has 0 spiro atoms. The second-order valence-corrected chi connectivity index (χ2v) is 7.39. The molecule has 25 heavy (non-hydrogen) atoms. The topological polar surface area (TPSA) is 84.2 Å². The van der Waals surface area contributed by atoms with E-state index < -0.39 is 0 Å². The summed E-state index contributed by atoms with van der Waals surface area (Å²) in [6.07, 6.45) is 2.62. The zero-order valence-corrected chi connectivity index (χ0v) is 15.1. The number of benzene rings is 1. The van der Waals surface area contributed by atoms with Crippen molar-refractivity contribution >= 4 is 35.1 Å². The van der Waals surface area contributed by atoms with Crippen LogP contribution >= 0.6 is 11.8 Å². The summed E-state index contributed by atoms with van der Waals surface area (Å²) in [5.41, 5.74) is 0.768. The Bertz CT molecular complexity index is 770. The Balaban J connectivity index is 1.62. The second kappa shape index (κ2) is 7.74. The van der Waals surface area contributed by atoms with Crippen molar-refractivity contribution in [2.75, 3.05) is 10.6 Å². The number of aryl methyl sites for hydroxylation is 1. The van der Waals surface area contributed by atoms with Gasteiger partial charge in [-0.3, -0.25) is 9.59 Å². The van der Waals surface area contributed by atoms with Gasteiger partial charge in [0.15, 0.2) is 5.82 Å². The Morgan fingerprint density at radius 3 is 2.76 bits per heavy atom. The molecule has 1 heterocycles. The number of thioether (sulfide) groups is 1. The molecular weight excluding hydrogens is 338 g/mol. The van der Waals surface area contributed by atoms with E-state index in [1.165, 1.54) is 11.8 Å². The Morgan fingerprint density at radius 1 is 1.32 bits per heavy atom. The molecule has 1 aliphatic rings. The van der Waals surface area contributed by atoms with Gasteiger partial charge < -0.3 is 15.2 Å². The lowest BCUT2D eigenvalue weighted by atomic mass is 10.3. The van der Waals surface area contributed by atoms with E-state index >= 15 is 0 Å². The molecule has 1 aromatic carbocycles. The summed E-state index contributed by atoms with van der Waals surface area (Å²) in [4.78, 5) is 25.3. The van der Waals surface area contributed by atoms with E-state index in [2.05, 4.69) is 15.8 Å². The fourth-order valence-electron chi connectivity index (χ4n) is 2.36. The molecule has 1 atom stereocenters. The predicted molar refractivity (Wildman–Crippen MR) is 97.6 cm³/mol. The van der Waals surface area contributed by atoms with E-state index in [1.807, 2.05) is 31.2 Å². The summed E-state index contributed by atoms with van der Waals surface area (Å²) in [7, 11) is 0. The fourth-order valence-corrected chi connectivity index (χ4v) is 3.37. The lowest BCUT2D eigenvalue weighted by Crippen LogP contribution is -2.24. The highest BCUT2D eigenvalue weighted by Crippen LogP contribution is 2.32. The molecule has 3 rings (SSSR count). The molecule has 0 bridgehead atoms. The van der Waals surface area contributed by atoms with E-state index in [4.69, 9.17) is 4.52 Å². The minimum atomic E-state index is -0.258. The van der Waals surface area contributed by atoms with Gasteiger partial charge in [-0.25, -0.2) is 0 Å². The van der Waals surface area contributed by atoms with Crippen molar-refractivity contribution in [3.63, 3.8) is 0 Å². The lowest BCUT2D eigenvalue weighted by Gasteiger charge is -2.14. The molecule has 0 aliphatic heterocycles. The number of carbonyl (C=O) groups is 2. The molecule has 1 fully saturated rings. The van der Waals surface area contributed by atoms with Gasteiger partial charge in [-0.05, 0) is 44.4 Å². The average Bonchev–Trinajstić information content (AvgIpc) is 3.36. The minimum absolute atomic E-state index is 0.0772. The summed E-state index contributed by atoms with van der Waals surface area (Å²) in [5.74, 6) is 1.19. The quantitative estimate of drug-likeness (QED) is 0.734. The Hall–Kier alpha value is -2.28. The molecule has 0 radical (unpaired) electrons. The van der Waals surface area contributed by atoms with Crippen molar-refractivity contribution < 1.29 is 14.1 Å². The first-order valence-electron chi connectivity index (χ1n) is 8.37. The smallest absolute Gasteiger partial charge is 0.239 e. The highest BCUT2D eigenvalue weighted by molar-refractivity contribution is 8.00. The van der Waals surface area contributed by atoms with Gasteiger partial charge in [-0.2, -0.15) is 0 Å². The largest absolute Gasteiger partial charge is 0.360 e. The van der Waals surface area contributed by atoms with Crippen LogP contribution in [-0.2, 0) is 9.59 Å². The van der Waals surface area contributed by atoms with E-state index in [1.54, 1.807) is 13.0 Å². The SMILES string of the molecule is CCC(Sc1cccc(NC(=O)C2CC2)c1)C(=O)Nc1cc(C)on1. The maximum atomic E-state index is 12.4. The summed E-state index contributed by atoms with van der Waals surface area (Å²) >= 11 is 1.47. The number of anilines is 2. The normalized spacial score (nSPS) is 14.8. The first-order valence-corrected chi connectivity index (χ1v) is 9.25. The van der Waals surface area contributed by atoms with Gasteiger partial charge in [0.1, 0.15) is 5.76 Å². The van der Waals surface area contributed by atoms with Gasteiger partial charge in [0, 0.05) is 22.6 Å². The van der Waals surface area contributed by atoms with Crippen molar-refractivity contribution in [1.82, 2.24) is 5.16 Å². The lowest BCUT2D eigenvalue weighted by molar-refractivity contribution is -0.117. The third kappa shape index (κ3) is 4.85. The zero-order valence-electron chi connectivity index (χ0n) is 14.2. The number of nitrogens with one attached hydrogen (secondary N) is 2. The van der Waals surface area contributed by atoms with Crippen LogP contribution in [0.25, 0.3) is 0 Å². The summed E-state index contributed by atoms with van der Waals surface area (Å²) in [6.45, 7) is 3.74. The first kappa shape index (κ1) is 17.5. The number of carbonyl (C=O) groups excluding carboxylic acids is 2. The van der Waals surface area contributed by atoms with Crippen LogP contribution < -0.4 is 10.6 Å². The summed E-state index contributed by atoms with van der Waals surface area (Å²) < 4.78 is 4.96. The number of nitrogens with zero attached hydrogens (tertiary/aromatic N) is 1. The third-order valence-electron chi connectivity index (χ3n) is 3.87. The average molecular weight is 359 g/mol. The monoisotopic (exact) mass is 359 g/mol. The molecule has 1 aliphatic carbocycles. The van der Waals surface area contributed by atoms with Gasteiger partial charge in [-0.15, -0.1) is 11.8 Å². The Morgan fingerprint density at radius 2 is 2.12 bits per heavy atom. The first-order chi connectivity index (χ1) is 12.0. The summed E-state index contributed by atoms with van der Waals surface area (Å²) in [5, 5.41) is 9.23. The highest BCUT2D eigenvalue weighted by atomic mass is 32.2. The molecular formula is C18H21N3O3S. The highest BCUT2D eigenvalue weighted by Gasteiger charge is 2.29. The van der Waals surface area contributed by atoms with Crippen LogP contribution in [-0.4, -0.2) is 22.2 Å². The van der Waals surface area contributed by atoms with Crippen LogP contribution in [0.1, 0.15) is 31.9 Å². The molecule has 1 unspecified atom stereocenters. The number of hydrogen-bond donors (Lipinski definition) is 2. The molecule has 2 amide bonds. The van der Waals surface area contributed by atoms with Gasteiger partial charge in [0.05, 0.1) is 5.25 Å². The van der Waals surface area contributed by atoms with Gasteiger partial charge in [-0.1, -0.05) is 18.1 Å². The van der Waals surface area contributed by atoms with Crippen LogP contribution in [0.2, 0.25) is 0 Å². The number of hydrogen-bond acceptors (Lipinski definition) is 5. The number of amides is 2. The maximum absolute atomic E-state index is 12.4. The van der Waals surface area contributed by atoms with Crippen LogP contribution in [0.4, 0.5) is 11.5 Å². The third-order valence-corrected chi connectivity index (χ3v) is 5.23. The standard InChI is InChI=1S/C18H21N3O3S/c1-3-15(18(23)20-16-9-11(2)24-21-16)25-14-6-4-5-13(10-14)19-17(22)12-7-8-12/h4-6,9-10,12,15H,3,7-8H2,1-2H3,(H,19,22)(H,20,21,23). The van der Waals surface area contributed by atoms with Crippen molar-refractivity contribution in [2.24, 2.45) is 5.92 Å². The van der Waals surface area contributed by atoms with E-state index in [9.17, 15) is 9.59 Å². The van der Waals surface area contributed by atoms with Gasteiger partial charge in [0.25, 0.3) is 0 Å². The molecule has 7 heteroatoms. The number of rotatable bonds is 7. The predicted octanol–water partition coefficient (Wildman–Crippen LogP) is 3.84. The maximum Gasteiger partial charge on any atom is 0.239 e. The van der Waals surface area contributed by atoms with E-state index in [0.717, 1.165) is 23.4 Å².